The van der Waals surface area contributed by atoms with E-state index in [0.717, 1.165) is 59.1 Å². The molecule has 8 heteroatoms. The highest BCUT2D eigenvalue weighted by molar-refractivity contribution is 6.30. The predicted molar refractivity (Wildman–Crippen MR) is 151 cm³/mol. The third kappa shape index (κ3) is 6.44. The number of carboxylic acids is 1. The van der Waals surface area contributed by atoms with Crippen molar-refractivity contribution < 1.29 is 19.4 Å². The van der Waals surface area contributed by atoms with Gasteiger partial charge in [-0.05, 0) is 41.8 Å². The number of fused-ring (bicyclic) bond motifs is 1. The first-order chi connectivity index (χ1) is 19.0. The molecule has 202 valence electrons. The van der Waals surface area contributed by atoms with E-state index in [2.05, 4.69) is 28.5 Å². The van der Waals surface area contributed by atoms with Crippen LogP contribution in [-0.4, -0.2) is 38.7 Å². The fraction of sp³-hybridized carbons (Fsp3) is 0.290. The molecule has 2 heterocycles. The largest absolute Gasteiger partial charge is 0.486 e. The van der Waals surface area contributed by atoms with Crippen LogP contribution in [0.5, 0.6) is 11.5 Å². The minimum Gasteiger partial charge on any atom is -0.486 e. The maximum atomic E-state index is 11.6. The number of ether oxygens (including phenoxy) is 2. The fourth-order valence-corrected chi connectivity index (χ4v) is 5.10. The molecule has 39 heavy (non-hydrogen) atoms. The maximum absolute atomic E-state index is 11.6. The van der Waals surface area contributed by atoms with Crippen LogP contribution in [0.25, 0.3) is 11.4 Å². The van der Waals surface area contributed by atoms with E-state index in [9.17, 15) is 9.90 Å². The number of carbonyl (C=O) groups is 1. The molecule has 0 saturated carbocycles. The molecule has 3 aromatic carbocycles. The van der Waals surface area contributed by atoms with Crippen LogP contribution in [-0.2, 0) is 26.2 Å². The van der Waals surface area contributed by atoms with Gasteiger partial charge >= 0.3 is 5.97 Å². The van der Waals surface area contributed by atoms with Crippen LogP contribution < -0.4 is 9.47 Å². The van der Waals surface area contributed by atoms with Gasteiger partial charge in [-0.1, -0.05) is 73.5 Å². The number of carboxylic acid groups (broad SMARTS) is 1. The highest BCUT2D eigenvalue weighted by atomic mass is 35.5. The molecule has 0 atom stereocenters. The minimum atomic E-state index is -0.941. The smallest absolute Gasteiger partial charge is 0.335 e. The van der Waals surface area contributed by atoms with E-state index in [1.165, 1.54) is 0 Å². The van der Waals surface area contributed by atoms with Crippen LogP contribution in [0.4, 0.5) is 0 Å². The van der Waals surface area contributed by atoms with Gasteiger partial charge in [0.25, 0.3) is 0 Å². The average Bonchev–Trinajstić information content (AvgIpc) is 3.26. The summed E-state index contributed by atoms with van der Waals surface area (Å²) in [6.45, 7) is 5.72. The number of nitrogens with zero attached hydrogens (tertiary/aromatic N) is 3. The molecule has 0 aliphatic carbocycles. The summed E-state index contributed by atoms with van der Waals surface area (Å²) in [5.41, 5.74) is 4.20. The molecule has 1 aromatic heterocycles. The van der Waals surface area contributed by atoms with Crippen LogP contribution in [0.15, 0.2) is 72.8 Å². The zero-order chi connectivity index (χ0) is 27.2. The number of aromatic carboxylic acids is 1. The number of aromatic nitrogens is 2. The lowest BCUT2D eigenvalue weighted by Gasteiger charge is -2.25. The van der Waals surface area contributed by atoms with Crippen LogP contribution in [0.2, 0.25) is 5.15 Å². The van der Waals surface area contributed by atoms with Crippen LogP contribution in [0.1, 0.15) is 46.9 Å². The molecule has 0 bridgehead atoms. The zero-order valence-corrected chi connectivity index (χ0v) is 22.7. The Morgan fingerprint density at radius 3 is 2.44 bits per heavy atom. The van der Waals surface area contributed by atoms with Crippen molar-refractivity contribution in [3.05, 3.63) is 100 Å². The van der Waals surface area contributed by atoms with Crippen molar-refractivity contribution in [3.63, 3.8) is 0 Å². The Morgan fingerprint density at radius 2 is 1.69 bits per heavy atom. The quantitative estimate of drug-likeness (QED) is 0.227. The van der Waals surface area contributed by atoms with Gasteiger partial charge in [0.1, 0.15) is 19.0 Å². The number of hydrogen-bond acceptors (Lipinski definition) is 5. The van der Waals surface area contributed by atoms with Crippen molar-refractivity contribution in [3.8, 4) is 22.9 Å². The van der Waals surface area contributed by atoms with Gasteiger partial charge in [0.05, 0.1) is 11.3 Å². The SMILES string of the molecule is CCCCn1c(-c2ccccc2)nc(Cl)c1CN(Cc1cccc(C(=O)O)c1)Cc1ccc2c(c1)OCCO2. The Kier molecular flexibility index (Phi) is 8.49. The van der Waals surface area contributed by atoms with Gasteiger partial charge in [0, 0.05) is 31.7 Å². The molecular formula is C31H32ClN3O4. The van der Waals surface area contributed by atoms with Crippen molar-refractivity contribution in [1.82, 2.24) is 14.5 Å². The summed E-state index contributed by atoms with van der Waals surface area (Å²) in [5, 5.41) is 10.0. The molecule has 0 fully saturated rings. The van der Waals surface area contributed by atoms with E-state index in [1.54, 1.807) is 18.2 Å². The third-order valence-corrected chi connectivity index (χ3v) is 7.06. The maximum Gasteiger partial charge on any atom is 0.335 e. The summed E-state index contributed by atoms with van der Waals surface area (Å²) in [5.74, 6) is 1.41. The standard InChI is InChI=1S/C31H32ClN3O4/c1-2-3-14-35-26(29(32)33-30(35)24-9-5-4-6-10-24)21-34(19-22-8-7-11-25(17-22)31(36)37)20-23-12-13-27-28(18-23)39-16-15-38-27/h4-13,17-18H,2-3,14-16,19-21H2,1H3,(H,36,37). The van der Waals surface area contributed by atoms with E-state index in [0.29, 0.717) is 38.0 Å². The first-order valence-electron chi connectivity index (χ1n) is 13.2. The van der Waals surface area contributed by atoms with Gasteiger partial charge in [0.2, 0.25) is 0 Å². The van der Waals surface area contributed by atoms with Gasteiger partial charge in [0.15, 0.2) is 16.7 Å². The highest BCUT2D eigenvalue weighted by Crippen LogP contribution is 2.32. The van der Waals surface area contributed by atoms with E-state index in [4.69, 9.17) is 26.1 Å². The lowest BCUT2D eigenvalue weighted by atomic mass is 10.1. The van der Waals surface area contributed by atoms with Gasteiger partial charge in [-0.25, -0.2) is 9.78 Å². The summed E-state index contributed by atoms with van der Waals surface area (Å²) in [6, 6.07) is 23.2. The lowest BCUT2D eigenvalue weighted by molar-refractivity contribution is 0.0696. The second kappa shape index (κ2) is 12.4. The van der Waals surface area contributed by atoms with Crippen molar-refractivity contribution in [2.45, 2.75) is 45.9 Å². The molecular weight excluding hydrogens is 514 g/mol. The van der Waals surface area contributed by atoms with E-state index < -0.39 is 5.97 Å². The number of unbranched alkanes of at least 4 members (excludes halogenated alkanes) is 1. The summed E-state index contributed by atoms with van der Waals surface area (Å²) in [4.78, 5) is 18.7. The summed E-state index contributed by atoms with van der Waals surface area (Å²) in [6.07, 6.45) is 2.05. The van der Waals surface area contributed by atoms with Crippen molar-refractivity contribution in [2.24, 2.45) is 0 Å². The van der Waals surface area contributed by atoms with Crippen LogP contribution in [0.3, 0.4) is 0 Å². The number of imidazole rings is 1. The van der Waals surface area contributed by atoms with E-state index in [1.807, 2.05) is 42.5 Å². The second-order valence-electron chi connectivity index (χ2n) is 9.67. The molecule has 0 unspecified atom stereocenters. The molecule has 0 radical (unpaired) electrons. The Bertz CT molecular complexity index is 1440. The van der Waals surface area contributed by atoms with Crippen LogP contribution >= 0.6 is 11.6 Å². The second-order valence-corrected chi connectivity index (χ2v) is 10.0. The average molecular weight is 546 g/mol. The van der Waals surface area contributed by atoms with E-state index in [-0.39, 0.29) is 5.56 Å². The van der Waals surface area contributed by atoms with E-state index >= 15 is 0 Å². The van der Waals surface area contributed by atoms with Gasteiger partial charge in [-0.2, -0.15) is 0 Å². The molecule has 5 rings (SSSR count). The fourth-order valence-electron chi connectivity index (χ4n) is 4.86. The number of benzene rings is 3. The first-order valence-corrected chi connectivity index (χ1v) is 13.6. The predicted octanol–water partition coefficient (Wildman–Crippen LogP) is 6.68. The minimum absolute atomic E-state index is 0.268. The van der Waals surface area contributed by atoms with Crippen LogP contribution in [0, 0.1) is 0 Å². The topological polar surface area (TPSA) is 76.8 Å². The molecule has 4 aromatic rings. The number of rotatable bonds is 11. The Labute approximate surface area is 233 Å². The molecule has 0 amide bonds. The number of hydrogen-bond donors (Lipinski definition) is 1. The summed E-state index contributed by atoms with van der Waals surface area (Å²) in [7, 11) is 0. The summed E-state index contributed by atoms with van der Waals surface area (Å²) < 4.78 is 13.7. The lowest BCUT2D eigenvalue weighted by Crippen LogP contribution is -2.25. The zero-order valence-electron chi connectivity index (χ0n) is 22.0. The first kappa shape index (κ1) is 26.8. The highest BCUT2D eigenvalue weighted by Gasteiger charge is 2.21. The molecule has 7 nitrogen and oxygen atoms in total. The van der Waals surface area contributed by atoms with Gasteiger partial charge in [-0.3, -0.25) is 4.90 Å². The Balaban J connectivity index is 1.50. The third-order valence-electron chi connectivity index (χ3n) is 6.76. The normalized spacial score (nSPS) is 12.6. The summed E-state index contributed by atoms with van der Waals surface area (Å²) >= 11 is 6.82. The number of halogens is 1. The molecule has 1 N–H and O–H groups in total. The van der Waals surface area contributed by atoms with Gasteiger partial charge < -0.3 is 19.1 Å². The molecule has 1 aliphatic rings. The Morgan fingerprint density at radius 1 is 0.949 bits per heavy atom. The molecule has 0 spiro atoms. The Hall–Kier alpha value is -3.81. The monoisotopic (exact) mass is 545 g/mol. The van der Waals surface area contributed by atoms with Crippen molar-refractivity contribution in [1.29, 1.82) is 0 Å². The van der Waals surface area contributed by atoms with Crippen molar-refractivity contribution in [2.75, 3.05) is 13.2 Å². The van der Waals surface area contributed by atoms with Crippen molar-refractivity contribution >= 4 is 17.6 Å². The molecule has 1 aliphatic heterocycles. The van der Waals surface area contributed by atoms with Gasteiger partial charge in [-0.15, -0.1) is 0 Å². The molecule has 0 saturated heterocycles.